The Balaban J connectivity index is 1.68. The van der Waals surface area contributed by atoms with Crippen molar-refractivity contribution in [1.82, 2.24) is 10.2 Å². The smallest absolute Gasteiger partial charge is 0.262 e. The van der Waals surface area contributed by atoms with Gasteiger partial charge in [0, 0.05) is 5.39 Å². The molecule has 0 saturated carbocycles. The molecular weight excluding hydrogens is 278 g/mol. The molecule has 0 bridgehead atoms. The van der Waals surface area contributed by atoms with Gasteiger partial charge in [-0.3, -0.25) is 9.89 Å². The van der Waals surface area contributed by atoms with E-state index >= 15 is 0 Å². The molecular formula is C17H17N3O2. The maximum absolute atomic E-state index is 12.1. The summed E-state index contributed by atoms with van der Waals surface area (Å²) in [6.07, 6.45) is 1.72. The molecule has 1 heterocycles. The van der Waals surface area contributed by atoms with E-state index in [2.05, 4.69) is 15.5 Å². The van der Waals surface area contributed by atoms with Crippen LogP contribution in [0.4, 0.5) is 5.69 Å². The van der Waals surface area contributed by atoms with Crippen LogP contribution in [-0.4, -0.2) is 22.7 Å². The van der Waals surface area contributed by atoms with Crippen LogP contribution in [-0.2, 0) is 4.79 Å². The van der Waals surface area contributed by atoms with Crippen molar-refractivity contribution in [2.75, 3.05) is 11.9 Å². The average Bonchev–Trinajstić information content (AvgIpc) is 2.98. The molecule has 0 radical (unpaired) electrons. The zero-order valence-corrected chi connectivity index (χ0v) is 12.5. The molecule has 0 aliphatic heterocycles. The Morgan fingerprint density at radius 1 is 1.27 bits per heavy atom. The molecule has 22 heavy (non-hydrogen) atoms. The normalized spacial score (nSPS) is 10.6. The van der Waals surface area contributed by atoms with E-state index in [1.807, 2.05) is 50.2 Å². The number of nitrogens with one attached hydrogen (secondary N) is 2. The van der Waals surface area contributed by atoms with E-state index in [1.165, 1.54) is 0 Å². The molecule has 0 atom stereocenters. The number of rotatable bonds is 4. The SMILES string of the molecule is Cc1ccc(C)c(OCC(=O)Nc2cccc3cn[nH]c23)c1. The Hall–Kier alpha value is -2.82. The number of carbonyl (C=O) groups excluding carboxylic acids is 1. The molecule has 5 nitrogen and oxygen atoms in total. The highest BCUT2D eigenvalue weighted by atomic mass is 16.5. The number of aromatic amines is 1. The van der Waals surface area contributed by atoms with Crippen molar-refractivity contribution in [3.05, 3.63) is 53.7 Å². The quantitative estimate of drug-likeness (QED) is 0.776. The monoisotopic (exact) mass is 295 g/mol. The summed E-state index contributed by atoms with van der Waals surface area (Å²) in [5.41, 5.74) is 3.62. The Kier molecular flexibility index (Phi) is 3.78. The van der Waals surface area contributed by atoms with Crippen molar-refractivity contribution < 1.29 is 9.53 Å². The summed E-state index contributed by atoms with van der Waals surface area (Å²) in [5.74, 6) is 0.526. The van der Waals surface area contributed by atoms with Gasteiger partial charge >= 0.3 is 0 Å². The van der Waals surface area contributed by atoms with Gasteiger partial charge in [0.15, 0.2) is 6.61 Å². The van der Waals surface area contributed by atoms with Gasteiger partial charge in [-0.2, -0.15) is 5.10 Å². The fraction of sp³-hybridized carbons (Fsp3) is 0.176. The molecule has 0 aliphatic rings. The molecule has 2 N–H and O–H groups in total. The van der Waals surface area contributed by atoms with Crippen molar-refractivity contribution in [1.29, 1.82) is 0 Å². The molecule has 1 aromatic heterocycles. The zero-order chi connectivity index (χ0) is 15.5. The van der Waals surface area contributed by atoms with Gasteiger partial charge < -0.3 is 10.1 Å². The Morgan fingerprint density at radius 3 is 3.00 bits per heavy atom. The first-order valence-electron chi connectivity index (χ1n) is 7.05. The number of amides is 1. The Bertz CT molecular complexity index is 824. The van der Waals surface area contributed by atoms with E-state index in [0.717, 1.165) is 27.8 Å². The molecule has 0 unspecified atom stereocenters. The van der Waals surface area contributed by atoms with Crippen molar-refractivity contribution in [3.63, 3.8) is 0 Å². The number of ether oxygens (including phenoxy) is 1. The lowest BCUT2D eigenvalue weighted by Crippen LogP contribution is -2.20. The molecule has 1 amide bonds. The number of aryl methyl sites for hydroxylation is 2. The van der Waals surface area contributed by atoms with Gasteiger partial charge in [0.05, 0.1) is 17.4 Å². The Morgan fingerprint density at radius 2 is 2.14 bits per heavy atom. The number of carbonyl (C=O) groups is 1. The second kappa shape index (κ2) is 5.89. The summed E-state index contributed by atoms with van der Waals surface area (Å²) in [6.45, 7) is 3.91. The lowest BCUT2D eigenvalue weighted by Gasteiger charge is -2.10. The molecule has 112 valence electrons. The van der Waals surface area contributed by atoms with E-state index in [4.69, 9.17) is 4.74 Å². The maximum Gasteiger partial charge on any atom is 0.262 e. The second-order valence-corrected chi connectivity index (χ2v) is 5.25. The summed E-state index contributed by atoms with van der Waals surface area (Å²) in [4.78, 5) is 12.1. The van der Waals surface area contributed by atoms with Crippen LogP contribution in [0.1, 0.15) is 11.1 Å². The molecule has 3 rings (SSSR count). The Labute approximate surface area is 128 Å². The predicted molar refractivity (Wildman–Crippen MR) is 86.1 cm³/mol. The molecule has 2 aromatic carbocycles. The lowest BCUT2D eigenvalue weighted by molar-refractivity contribution is -0.118. The van der Waals surface area contributed by atoms with E-state index in [0.29, 0.717) is 5.69 Å². The standard InChI is InChI=1S/C17H17N3O2/c1-11-6-7-12(2)15(8-11)22-10-16(21)19-14-5-3-4-13-9-18-20-17(13)14/h3-9H,10H2,1-2H3,(H,18,20)(H,19,21). The highest BCUT2D eigenvalue weighted by Crippen LogP contribution is 2.21. The number of aromatic nitrogens is 2. The van der Waals surface area contributed by atoms with E-state index in [1.54, 1.807) is 6.20 Å². The number of anilines is 1. The van der Waals surface area contributed by atoms with Crippen LogP contribution < -0.4 is 10.1 Å². The highest BCUT2D eigenvalue weighted by molar-refractivity contribution is 6.00. The first kappa shape index (κ1) is 14.1. The topological polar surface area (TPSA) is 67.0 Å². The molecule has 0 saturated heterocycles. The maximum atomic E-state index is 12.1. The molecule has 0 aliphatic carbocycles. The number of para-hydroxylation sites is 1. The van der Waals surface area contributed by atoms with E-state index in [9.17, 15) is 4.79 Å². The summed E-state index contributed by atoms with van der Waals surface area (Å²) in [6, 6.07) is 11.6. The number of fused-ring (bicyclic) bond motifs is 1. The fourth-order valence-corrected chi connectivity index (χ4v) is 2.27. The van der Waals surface area contributed by atoms with Crippen LogP contribution >= 0.6 is 0 Å². The molecule has 3 aromatic rings. The van der Waals surface area contributed by atoms with Crippen molar-refractivity contribution in [2.24, 2.45) is 0 Å². The number of nitrogens with zero attached hydrogens (tertiary/aromatic N) is 1. The van der Waals surface area contributed by atoms with Gasteiger partial charge in [-0.15, -0.1) is 0 Å². The third-order valence-electron chi connectivity index (χ3n) is 3.45. The van der Waals surface area contributed by atoms with Crippen LogP contribution in [0, 0.1) is 13.8 Å². The lowest BCUT2D eigenvalue weighted by atomic mass is 10.1. The summed E-state index contributed by atoms with van der Waals surface area (Å²) in [7, 11) is 0. The minimum atomic E-state index is -0.206. The third-order valence-corrected chi connectivity index (χ3v) is 3.45. The van der Waals surface area contributed by atoms with Gasteiger partial charge in [-0.1, -0.05) is 24.3 Å². The van der Waals surface area contributed by atoms with Crippen LogP contribution in [0.15, 0.2) is 42.6 Å². The number of benzene rings is 2. The van der Waals surface area contributed by atoms with E-state index < -0.39 is 0 Å². The first-order valence-corrected chi connectivity index (χ1v) is 7.05. The van der Waals surface area contributed by atoms with Gasteiger partial charge in [0.1, 0.15) is 5.75 Å². The van der Waals surface area contributed by atoms with Crippen molar-refractivity contribution >= 4 is 22.5 Å². The van der Waals surface area contributed by atoms with Crippen LogP contribution in [0.25, 0.3) is 10.9 Å². The molecule has 0 spiro atoms. The number of H-pyrrole nitrogens is 1. The second-order valence-electron chi connectivity index (χ2n) is 5.25. The van der Waals surface area contributed by atoms with Crippen LogP contribution in [0.3, 0.4) is 0 Å². The number of hydrogen-bond donors (Lipinski definition) is 2. The summed E-state index contributed by atoms with van der Waals surface area (Å²) >= 11 is 0. The first-order chi connectivity index (χ1) is 10.6. The van der Waals surface area contributed by atoms with Gasteiger partial charge in [-0.25, -0.2) is 0 Å². The largest absolute Gasteiger partial charge is 0.483 e. The van der Waals surface area contributed by atoms with Crippen molar-refractivity contribution in [2.45, 2.75) is 13.8 Å². The minimum Gasteiger partial charge on any atom is -0.483 e. The van der Waals surface area contributed by atoms with Crippen LogP contribution in [0.2, 0.25) is 0 Å². The van der Waals surface area contributed by atoms with Gasteiger partial charge in [-0.05, 0) is 37.1 Å². The minimum absolute atomic E-state index is 0.0329. The average molecular weight is 295 g/mol. The summed E-state index contributed by atoms with van der Waals surface area (Å²) in [5, 5.41) is 10.6. The van der Waals surface area contributed by atoms with Crippen LogP contribution in [0.5, 0.6) is 5.75 Å². The molecule has 0 fully saturated rings. The van der Waals surface area contributed by atoms with Gasteiger partial charge in [0.2, 0.25) is 0 Å². The summed E-state index contributed by atoms with van der Waals surface area (Å²) < 4.78 is 5.61. The zero-order valence-electron chi connectivity index (χ0n) is 12.5. The predicted octanol–water partition coefficient (Wildman–Crippen LogP) is 3.20. The van der Waals surface area contributed by atoms with Crippen molar-refractivity contribution in [3.8, 4) is 5.75 Å². The highest BCUT2D eigenvalue weighted by Gasteiger charge is 2.08. The van der Waals surface area contributed by atoms with E-state index in [-0.39, 0.29) is 12.5 Å². The molecule has 5 heteroatoms. The third kappa shape index (κ3) is 2.93. The number of hydrogen-bond acceptors (Lipinski definition) is 3. The fourth-order valence-electron chi connectivity index (χ4n) is 2.27. The van der Waals surface area contributed by atoms with Gasteiger partial charge in [0.25, 0.3) is 5.91 Å².